The molecule has 194 valence electrons. The first-order chi connectivity index (χ1) is 16.6. The van der Waals surface area contributed by atoms with Crippen molar-refractivity contribution in [3.8, 4) is 0 Å². The molecular weight excluding hydrogens is 464 g/mol. The Morgan fingerprint density at radius 3 is 2.34 bits per heavy atom. The molecule has 0 unspecified atom stereocenters. The van der Waals surface area contributed by atoms with Gasteiger partial charge in [0.25, 0.3) is 0 Å². The van der Waals surface area contributed by atoms with E-state index in [0.717, 1.165) is 44.1 Å². The van der Waals surface area contributed by atoms with Gasteiger partial charge in [0.1, 0.15) is 0 Å². The predicted molar refractivity (Wildman–Crippen MR) is 156 cm³/mol. The molecule has 0 aliphatic rings. The molecule has 0 radical (unpaired) electrons. The van der Waals surface area contributed by atoms with Gasteiger partial charge in [-0.1, -0.05) is 83.4 Å². The SMILES string of the molecule is C=CCC[C@H](CCCc1cccs1)C(=O)c1ccc([C@H](CCCCC)O[Si](C)(C)C(C)(C)C)cc1. The van der Waals surface area contributed by atoms with Gasteiger partial charge in [-0.15, -0.1) is 17.9 Å². The molecule has 0 spiro atoms. The number of allylic oxidation sites excluding steroid dienone is 1. The van der Waals surface area contributed by atoms with E-state index < -0.39 is 8.32 Å². The first-order valence-electron chi connectivity index (χ1n) is 13.5. The molecule has 0 fully saturated rings. The summed E-state index contributed by atoms with van der Waals surface area (Å²) in [5.74, 6) is 0.333. The number of carbonyl (C=O) groups is 1. The van der Waals surface area contributed by atoms with Crippen LogP contribution in [0.25, 0.3) is 0 Å². The molecule has 1 heterocycles. The number of thiophene rings is 1. The topological polar surface area (TPSA) is 26.3 Å². The molecule has 0 bridgehead atoms. The summed E-state index contributed by atoms with van der Waals surface area (Å²) < 4.78 is 6.87. The van der Waals surface area contributed by atoms with Crippen LogP contribution in [0.5, 0.6) is 0 Å². The minimum absolute atomic E-state index is 0.0580. The van der Waals surface area contributed by atoms with E-state index in [4.69, 9.17) is 4.43 Å². The zero-order valence-corrected chi connectivity index (χ0v) is 24.9. The van der Waals surface area contributed by atoms with Gasteiger partial charge < -0.3 is 4.43 Å². The summed E-state index contributed by atoms with van der Waals surface area (Å²) in [6, 6.07) is 12.7. The van der Waals surface area contributed by atoms with Gasteiger partial charge in [0.05, 0.1) is 6.10 Å². The molecule has 0 saturated carbocycles. The Hall–Kier alpha value is -1.49. The maximum atomic E-state index is 13.4. The predicted octanol–water partition coefficient (Wildman–Crippen LogP) is 10.2. The van der Waals surface area contributed by atoms with E-state index in [1.165, 1.54) is 29.7 Å². The average molecular weight is 513 g/mol. The molecule has 1 aromatic heterocycles. The van der Waals surface area contributed by atoms with E-state index in [1.807, 2.05) is 18.2 Å². The Balaban J connectivity index is 2.13. The molecule has 2 rings (SSSR count). The fourth-order valence-electron chi connectivity index (χ4n) is 4.21. The van der Waals surface area contributed by atoms with Crippen LogP contribution in [0.4, 0.5) is 0 Å². The number of rotatable bonds is 16. The highest BCUT2D eigenvalue weighted by Gasteiger charge is 2.39. The number of unbranched alkanes of at least 4 members (excludes halogenated alkanes) is 2. The zero-order chi connectivity index (χ0) is 25.9. The van der Waals surface area contributed by atoms with Crippen molar-refractivity contribution in [3.05, 3.63) is 70.4 Å². The van der Waals surface area contributed by atoms with Gasteiger partial charge >= 0.3 is 0 Å². The summed E-state index contributed by atoms with van der Waals surface area (Å²) in [7, 11) is -1.89. The van der Waals surface area contributed by atoms with E-state index in [9.17, 15) is 4.79 Å². The summed E-state index contributed by atoms with van der Waals surface area (Å²) in [6.07, 6.45) is 11.5. The summed E-state index contributed by atoms with van der Waals surface area (Å²) >= 11 is 1.80. The summed E-state index contributed by atoms with van der Waals surface area (Å²) in [6.45, 7) is 17.7. The maximum absolute atomic E-state index is 13.4. The van der Waals surface area contributed by atoms with Crippen molar-refractivity contribution < 1.29 is 9.22 Å². The Morgan fingerprint density at radius 1 is 1.06 bits per heavy atom. The molecule has 0 aliphatic carbocycles. The quantitative estimate of drug-likeness (QED) is 0.0967. The normalized spacial score (nSPS) is 14.0. The third kappa shape index (κ3) is 9.47. The fraction of sp³-hybridized carbons (Fsp3) is 0.581. The van der Waals surface area contributed by atoms with Crippen LogP contribution in [0.15, 0.2) is 54.4 Å². The van der Waals surface area contributed by atoms with Crippen molar-refractivity contribution in [2.24, 2.45) is 5.92 Å². The highest BCUT2D eigenvalue weighted by atomic mass is 32.1. The van der Waals surface area contributed by atoms with Crippen molar-refractivity contribution >= 4 is 25.4 Å². The maximum Gasteiger partial charge on any atom is 0.192 e. The highest BCUT2D eigenvalue weighted by molar-refractivity contribution is 7.09. The Labute approximate surface area is 220 Å². The first-order valence-corrected chi connectivity index (χ1v) is 17.3. The minimum atomic E-state index is -1.89. The molecule has 0 aliphatic heterocycles. The lowest BCUT2D eigenvalue weighted by Gasteiger charge is -2.39. The molecule has 35 heavy (non-hydrogen) atoms. The lowest BCUT2D eigenvalue weighted by molar-refractivity contribution is 0.0905. The fourth-order valence-corrected chi connectivity index (χ4v) is 6.28. The molecule has 2 nitrogen and oxygen atoms in total. The monoisotopic (exact) mass is 512 g/mol. The van der Waals surface area contributed by atoms with Crippen molar-refractivity contribution in [1.29, 1.82) is 0 Å². The van der Waals surface area contributed by atoms with Crippen LogP contribution >= 0.6 is 11.3 Å². The van der Waals surface area contributed by atoms with E-state index >= 15 is 0 Å². The number of hydrogen-bond acceptors (Lipinski definition) is 3. The van der Waals surface area contributed by atoms with Crippen LogP contribution in [0.3, 0.4) is 0 Å². The van der Waals surface area contributed by atoms with Crippen molar-refractivity contribution in [2.75, 3.05) is 0 Å². The van der Waals surface area contributed by atoms with Gasteiger partial charge in [-0.2, -0.15) is 0 Å². The van der Waals surface area contributed by atoms with Gasteiger partial charge in [0.2, 0.25) is 0 Å². The van der Waals surface area contributed by atoms with Crippen molar-refractivity contribution in [1.82, 2.24) is 0 Å². The standard InChI is InChI=1S/C31H48O2SSi/c1-8-10-12-19-29(33-35(6,7)31(3,4)5)25-20-22-27(23-21-25)30(32)26(15-11-9-2)16-13-17-28-18-14-24-34-28/h9,14,18,20-24,26,29H,2,8,10-13,15-17,19H2,1,3-7H3/t26-,29+/m1/s1. The number of carbonyl (C=O) groups excluding carboxylic acids is 1. The number of Topliss-reactive ketones (excluding diaryl/α,β-unsaturated/α-hetero) is 1. The first kappa shape index (κ1) is 29.7. The van der Waals surface area contributed by atoms with Gasteiger partial charge in [0, 0.05) is 16.4 Å². The zero-order valence-electron chi connectivity index (χ0n) is 23.1. The minimum Gasteiger partial charge on any atom is -0.410 e. The second-order valence-electron chi connectivity index (χ2n) is 11.4. The Kier molecular flexibility index (Phi) is 12.1. The molecule has 4 heteroatoms. The van der Waals surface area contributed by atoms with Gasteiger partial charge in [0.15, 0.2) is 14.1 Å². The van der Waals surface area contributed by atoms with Crippen molar-refractivity contribution in [3.63, 3.8) is 0 Å². The van der Waals surface area contributed by atoms with E-state index in [-0.39, 0.29) is 22.8 Å². The molecule has 0 saturated heterocycles. The van der Waals surface area contributed by atoms with Crippen LogP contribution in [-0.2, 0) is 10.8 Å². The largest absolute Gasteiger partial charge is 0.410 e. The second-order valence-corrected chi connectivity index (χ2v) is 17.2. The molecule has 0 amide bonds. The summed E-state index contributed by atoms with van der Waals surface area (Å²) in [4.78, 5) is 14.8. The van der Waals surface area contributed by atoms with E-state index in [0.29, 0.717) is 0 Å². The average Bonchev–Trinajstić information content (AvgIpc) is 3.33. The van der Waals surface area contributed by atoms with Gasteiger partial charge in [-0.25, -0.2) is 0 Å². The molecule has 2 atom stereocenters. The van der Waals surface area contributed by atoms with Crippen LogP contribution in [0.2, 0.25) is 18.1 Å². The smallest absolute Gasteiger partial charge is 0.192 e. The third-order valence-corrected chi connectivity index (χ3v) is 12.9. The highest BCUT2D eigenvalue weighted by Crippen LogP contribution is 2.41. The number of hydrogen-bond donors (Lipinski definition) is 0. The van der Waals surface area contributed by atoms with Gasteiger partial charge in [-0.3, -0.25) is 4.79 Å². The summed E-state index contributed by atoms with van der Waals surface area (Å²) in [5, 5.41) is 2.30. The summed E-state index contributed by atoms with van der Waals surface area (Å²) in [5.41, 5.74) is 2.04. The van der Waals surface area contributed by atoms with Crippen LogP contribution in [-0.4, -0.2) is 14.1 Å². The third-order valence-electron chi connectivity index (χ3n) is 7.53. The van der Waals surface area contributed by atoms with Crippen LogP contribution in [0, 0.1) is 5.92 Å². The molecule has 2 aromatic rings. The number of aryl methyl sites for hydroxylation is 1. The van der Waals surface area contributed by atoms with Crippen LogP contribution < -0.4 is 0 Å². The molecular formula is C31H48O2SSi. The molecule has 1 aromatic carbocycles. The molecule has 0 N–H and O–H groups in total. The Bertz CT molecular complexity index is 878. The van der Waals surface area contributed by atoms with Gasteiger partial charge in [-0.05, 0) is 73.7 Å². The van der Waals surface area contributed by atoms with Crippen LogP contribution in [0.1, 0.15) is 106 Å². The van der Waals surface area contributed by atoms with Crippen molar-refractivity contribution in [2.45, 2.75) is 110 Å². The second kappa shape index (κ2) is 14.3. The number of ketones is 1. The lowest BCUT2D eigenvalue weighted by atomic mass is 9.88. The Morgan fingerprint density at radius 2 is 1.77 bits per heavy atom. The van der Waals surface area contributed by atoms with E-state index in [2.05, 4.69) is 77.0 Å². The van der Waals surface area contributed by atoms with E-state index in [1.54, 1.807) is 11.3 Å². The lowest BCUT2D eigenvalue weighted by Crippen LogP contribution is -2.41. The number of benzene rings is 1.